The van der Waals surface area contributed by atoms with Crippen LogP contribution >= 0.6 is 0 Å². The van der Waals surface area contributed by atoms with Gasteiger partial charge < -0.3 is 14.0 Å². The van der Waals surface area contributed by atoms with Gasteiger partial charge in [-0.25, -0.2) is 18.0 Å². The normalized spacial score (nSPS) is 11.1. The van der Waals surface area contributed by atoms with Crippen LogP contribution in [0.15, 0.2) is 48.6 Å². The number of rotatable bonds is 6. The molecule has 0 N–H and O–H groups in total. The molecule has 0 aliphatic heterocycles. The standard InChI is InChI=1S/C17H16O7S/c1-11(2)16(18)24-15-6-5-12-9-14(4-3-13(12)10-15)17(19)23-7-8-25(20,21)22/h3-6,9-10H,1,7-8H2,2H3,(H,20,21,22)/p-1. The summed E-state index contributed by atoms with van der Waals surface area (Å²) in [7, 11) is -4.43. The van der Waals surface area contributed by atoms with Crippen LogP contribution in [0, 0.1) is 0 Å². The molecule has 0 aromatic heterocycles. The third kappa shape index (κ3) is 5.40. The summed E-state index contributed by atoms with van der Waals surface area (Å²) in [6.45, 7) is 4.54. The number of hydrogen-bond donors (Lipinski definition) is 0. The average Bonchev–Trinajstić information content (AvgIpc) is 2.52. The maximum absolute atomic E-state index is 11.9. The van der Waals surface area contributed by atoms with E-state index in [0.29, 0.717) is 11.1 Å². The Bertz CT molecular complexity index is 945. The molecule has 2 aromatic rings. The third-order valence-corrected chi connectivity index (χ3v) is 3.84. The third-order valence-electron chi connectivity index (χ3n) is 3.17. The van der Waals surface area contributed by atoms with Gasteiger partial charge in [0.2, 0.25) is 0 Å². The van der Waals surface area contributed by atoms with Gasteiger partial charge in [-0.3, -0.25) is 0 Å². The highest BCUT2D eigenvalue weighted by atomic mass is 32.2. The number of benzene rings is 2. The Kier molecular flexibility index (Phi) is 5.55. The van der Waals surface area contributed by atoms with E-state index in [-0.39, 0.29) is 11.1 Å². The molecule has 8 heteroatoms. The molecule has 0 fully saturated rings. The van der Waals surface area contributed by atoms with Crippen LogP contribution in [0.25, 0.3) is 10.8 Å². The van der Waals surface area contributed by atoms with Gasteiger partial charge in [0.05, 0.1) is 21.4 Å². The molecular weight excluding hydrogens is 348 g/mol. The van der Waals surface area contributed by atoms with Crippen molar-refractivity contribution in [2.75, 3.05) is 12.4 Å². The quantitative estimate of drug-likeness (QED) is 0.334. The average molecular weight is 363 g/mol. The Labute approximate surface area is 144 Å². The van der Waals surface area contributed by atoms with E-state index >= 15 is 0 Å². The fraction of sp³-hybridized carbons (Fsp3) is 0.176. The number of esters is 2. The molecule has 0 atom stereocenters. The molecular formula is C17H15O7S-. The summed E-state index contributed by atoms with van der Waals surface area (Å²) in [5, 5.41) is 1.42. The zero-order valence-electron chi connectivity index (χ0n) is 13.4. The van der Waals surface area contributed by atoms with Crippen molar-refractivity contribution in [1.29, 1.82) is 0 Å². The van der Waals surface area contributed by atoms with Gasteiger partial charge in [0, 0.05) is 5.57 Å². The van der Waals surface area contributed by atoms with Crippen molar-refractivity contribution in [2.24, 2.45) is 0 Å². The summed E-state index contributed by atoms with van der Waals surface area (Å²) < 4.78 is 41.3. The summed E-state index contributed by atoms with van der Waals surface area (Å²) in [6, 6.07) is 9.54. The first-order valence-electron chi connectivity index (χ1n) is 7.18. The van der Waals surface area contributed by atoms with Crippen molar-refractivity contribution >= 4 is 32.8 Å². The summed E-state index contributed by atoms with van der Waals surface area (Å²) in [5.74, 6) is -1.70. The Morgan fingerprint density at radius 1 is 1.12 bits per heavy atom. The molecule has 0 saturated carbocycles. The Morgan fingerprint density at radius 3 is 2.40 bits per heavy atom. The molecule has 0 heterocycles. The molecule has 25 heavy (non-hydrogen) atoms. The van der Waals surface area contributed by atoms with Crippen LogP contribution in [-0.2, 0) is 19.6 Å². The van der Waals surface area contributed by atoms with Crippen LogP contribution in [0.4, 0.5) is 0 Å². The second kappa shape index (κ2) is 7.45. The van der Waals surface area contributed by atoms with E-state index in [9.17, 15) is 22.6 Å². The lowest BCUT2D eigenvalue weighted by atomic mass is 10.1. The van der Waals surface area contributed by atoms with Gasteiger partial charge in [-0.15, -0.1) is 0 Å². The Hall–Kier alpha value is -2.71. The molecule has 0 unspecified atom stereocenters. The second-order valence-corrected chi connectivity index (χ2v) is 6.81. The van der Waals surface area contributed by atoms with E-state index < -0.39 is 34.4 Å². The highest BCUT2D eigenvalue weighted by Gasteiger charge is 2.10. The lowest BCUT2D eigenvalue weighted by Gasteiger charge is -2.09. The van der Waals surface area contributed by atoms with E-state index in [4.69, 9.17) is 9.47 Å². The Morgan fingerprint density at radius 2 is 1.76 bits per heavy atom. The van der Waals surface area contributed by atoms with Crippen LogP contribution < -0.4 is 4.74 Å². The molecule has 0 amide bonds. The minimum atomic E-state index is -4.43. The van der Waals surface area contributed by atoms with Crippen molar-refractivity contribution in [2.45, 2.75) is 6.92 Å². The molecule has 7 nitrogen and oxygen atoms in total. The summed E-state index contributed by atoms with van der Waals surface area (Å²) in [5.41, 5.74) is 0.487. The number of ether oxygens (including phenoxy) is 2. The molecule has 0 radical (unpaired) electrons. The summed E-state index contributed by atoms with van der Waals surface area (Å²) >= 11 is 0. The van der Waals surface area contributed by atoms with Crippen molar-refractivity contribution in [3.8, 4) is 5.75 Å². The van der Waals surface area contributed by atoms with Crippen molar-refractivity contribution in [3.63, 3.8) is 0 Å². The van der Waals surface area contributed by atoms with Crippen molar-refractivity contribution < 1.29 is 32.0 Å². The first-order chi connectivity index (χ1) is 11.7. The highest BCUT2D eigenvalue weighted by molar-refractivity contribution is 7.85. The number of carbonyl (C=O) groups is 2. The topological polar surface area (TPSA) is 110 Å². The van der Waals surface area contributed by atoms with Crippen LogP contribution in [0.5, 0.6) is 5.75 Å². The minimum Gasteiger partial charge on any atom is -0.748 e. The number of hydrogen-bond acceptors (Lipinski definition) is 7. The summed E-state index contributed by atoms with van der Waals surface area (Å²) in [4.78, 5) is 23.4. The zero-order chi connectivity index (χ0) is 18.6. The fourth-order valence-electron chi connectivity index (χ4n) is 1.93. The van der Waals surface area contributed by atoms with E-state index in [1.165, 1.54) is 6.07 Å². The Balaban J connectivity index is 2.13. The SMILES string of the molecule is C=C(C)C(=O)Oc1ccc2cc(C(=O)OCCS(=O)(=O)[O-])ccc2c1. The predicted octanol–water partition coefficient (Wildman–Crippen LogP) is 2.02. The number of carbonyl (C=O) groups excluding carboxylic acids is 2. The molecule has 0 saturated heterocycles. The van der Waals surface area contributed by atoms with Crippen molar-refractivity contribution in [1.82, 2.24) is 0 Å². The maximum Gasteiger partial charge on any atom is 0.338 e. The van der Waals surface area contributed by atoms with Crippen LogP contribution in [0.1, 0.15) is 17.3 Å². The molecule has 0 spiro atoms. The van der Waals surface area contributed by atoms with Crippen molar-refractivity contribution in [3.05, 3.63) is 54.1 Å². The smallest absolute Gasteiger partial charge is 0.338 e. The van der Waals surface area contributed by atoms with E-state index in [2.05, 4.69) is 6.58 Å². The largest absolute Gasteiger partial charge is 0.748 e. The van der Waals surface area contributed by atoms with E-state index in [0.717, 1.165) is 5.39 Å². The summed E-state index contributed by atoms with van der Waals surface area (Å²) in [6.07, 6.45) is 0. The molecule has 0 aliphatic carbocycles. The molecule has 2 aromatic carbocycles. The number of fused-ring (bicyclic) bond motifs is 1. The van der Waals surface area contributed by atoms with Gasteiger partial charge in [0.1, 0.15) is 12.4 Å². The van der Waals surface area contributed by atoms with Gasteiger partial charge in [0.25, 0.3) is 0 Å². The highest BCUT2D eigenvalue weighted by Crippen LogP contribution is 2.23. The molecule has 2 rings (SSSR count). The van der Waals surface area contributed by atoms with E-state index in [1.54, 1.807) is 37.3 Å². The molecule has 0 aliphatic rings. The van der Waals surface area contributed by atoms with Gasteiger partial charge in [-0.05, 0) is 42.0 Å². The van der Waals surface area contributed by atoms with E-state index in [1.807, 2.05) is 0 Å². The van der Waals surface area contributed by atoms with Gasteiger partial charge in [-0.1, -0.05) is 18.7 Å². The second-order valence-electron chi connectivity index (χ2n) is 5.29. The zero-order valence-corrected chi connectivity index (χ0v) is 14.2. The fourth-order valence-corrected chi connectivity index (χ4v) is 2.22. The first kappa shape index (κ1) is 18.6. The molecule has 132 valence electrons. The lowest BCUT2D eigenvalue weighted by Crippen LogP contribution is -2.14. The minimum absolute atomic E-state index is 0.211. The molecule has 0 bridgehead atoms. The van der Waals surface area contributed by atoms with Crippen LogP contribution in [0.2, 0.25) is 0 Å². The lowest BCUT2D eigenvalue weighted by molar-refractivity contribution is -0.130. The van der Waals surface area contributed by atoms with Gasteiger partial charge >= 0.3 is 11.9 Å². The monoisotopic (exact) mass is 363 g/mol. The van der Waals surface area contributed by atoms with Gasteiger partial charge in [0.15, 0.2) is 0 Å². The maximum atomic E-state index is 11.9. The predicted molar refractivity (Wildman–Crippen MR) is 89.2 cm³/mol. The van der Waals surface area contributed by atoms with Crippen LogP contribution in [0.3, 0.4) is 0 Å². The first-order valence-corrected chi connectivity index (χ1v) is 8.75. The van der Waals surface area contributed by atoms with Gasteiger partial charge in [-0.2, -0.15) is 0 Å². The van der Waals surface area contributed by atoms with Crippen LogP contribution in [-0.4, -0.2) is 37.3 Å².